The summed E-state index contributed by atoms with van der Waals surface area (Å²) < 4.78 is 40.4. The van der Waals surface area contributed by atoms with E-state index < -0.39 is 17.8 Å². The first-order valence-corrected chi connectivity index (χ1v) is 10.5. The van der Waals surface area contributed by atoms with Crippen molar-refractivity contribution in [2.24, 2.45) is 0 Å². The van der Waals surface area contributed by atoms with E-state index in [-0.39, 0.29) is 23.8 Å². The maximum atomic E-state index is 12.8. The van der Waals surface area contributed by atoms with Crippen molar-refractivity contribution in [2.75, 3.05) is 12.3 Å². The lowest BCUT2D eigenvalue weighted by Gasteiger charge is -2.15. The molecule has 9 heteroatoms. The Labute approximate surface area is 182 Å². The zero-order valence-electron chi connectivity index (χ0n) is 17.0. The van der Waals surface area contributed by atoms with Crippen molar-refractivity contribution in [3.8, 4) is 5.69 Å². The molecule has 0 aliphatic carbocycles. The minimum Gasteiger partial charge on any atom is -0.387 e. The number of carbonyl (C=O) groups is 1. The van der Waals surface area contributed by atoms with E-state index in [0.29, 0.717) is 5.16 Å². The molecule has 1 unspecified atom stereocenters. The number of carbonyl (C=O) groups excluding carboxylic acids is 1. The number of imidazole rings is 1. The molecule has 3 rings (SSSR count). The summed E-state index contributed by atoms with van der Waals surface area (Å²) in [7, 11) is 0. The van der Waals surface area contributed by atoms with Gasteiger partial charge in [0.2, 0.25) is 5.91 Å². The van der Waals surface area contributed by atoms with Gasteiger partial charge in [-0.1, -0.05) is 36.0 Å². The molecule has 0 saturated heterocycles. The van der Waals surface area contributed by atoms with Crippen LogP contribution in [-0.4, -0.2) is 32.9 Å². The molecule has 0 aliphatic rings. The molecule has 5 nitrogen and oxygen atoms in total. The number of aliphatic hydroxyl groups excluding tert-OH is 1. The Kier molecular flexibility index (Phi) is 7.07. The Morgan fingerprint density at radius 2 is 2.00 bits per heavy atom. The summed E-state index contributed by atoms with van der Waals surface area (Å²) in [6, 6.07) is 10.5. The Balaban J connectivity index is 1.57. The van der Waals surface area contributed by atoms with Crippen molar-refractivity contribution in [1.82, 2.24) is 14.9 Å². The van der Waals surface area contributed by atoms with E-state index >= 15 is 0 Å². The summed E-state index contributed by atoms with van der Waals surface area (Å²) in [6.07, 6.45) is -2.26. The van der Waals surface area contributed by atoms with E-state index in [1.165, 1.54) is 23.9 Å². The lowest BCUT2D eigenvalue weighted by Crippen LogP contribution is -2.30. The molecule has 0 fully saturated rings. The van der Waals surface area contributed by atoms with Crippen LogP contribution in [-0.2, 0) is 11.0 Å². The summed E-state index contributed by atoms with van der Waals surface area (Å²) in [5.41, 5.74) is 2.39. The van der Waals surface area contributed by atoms with Gasteiger partial charge in [-0.25, -0.2) is 4.98 Å². The third-order valence-corrected chi connectivity index (χ3v) is 5.62. The lowest BCUT2D eigenvalue weighted by molar-refractivity contribution is -0.137. The fourth-order valence-corrected chi connectivity index (χ4v) is 3.79. The highest BCUT2D eigenvalue weighted by Gasteiger charge is 2.30. The fourth-order valence-electron chi connectivity index (χ4n) is 2.99. The minimum absolute atomic E-state index is 0.0528. The summed E-state index contributed by atoms with van der Waals surface area (Å²) in [6.45, 7) is 3.80. The van der Waals surface area contributed by atoms with Crippen LogP contribution in [0, 0.1) is 13.8 Å². The third kappa shape index (κ3) is 5.89. The first-order valence-electron chi connectivity index (χ1n) is 9.51. The van der Waals surface area contributed by atoms with Crippen LogP contribution in [0.4, 0.5) is 13.2 Å². The topological polar surface area (TPSA) is 67.2 Å². The number of thioether (sulfide) groups is 1. The number of aryl methyl sites for hydroxylation is 2. The average Bonchev–Trinajstić information content (AvgIpc) is 3.20. The number of nitrogens with one attached hydrogen (secondary N) is 1. The molecule has 0 saturated carbocycles. The highest BCUT2D eigenvalue weighted by molar-refractivity contribution is 7.99. The summed E-state index contributed by atoms with van der Waals surface area (Å²) >= 11 is 1.23. The molecule has 2 N–H and O–H groups in total. The van der Waals surface area contributed by atoms with Crippen molar-refractivity contribution < 1.29 is 23.1 Å². The van der Waals surface area contributed by atoms with Crippen molar-refractivity contribution in [1.29, 1.82) is 0 Å². The minimum atomic E-state index is -4.49. The van der Waals surface area contributed by atoms with Gasteiger partial charge < -0.3 is 10.4 Å². The van der Waals surface area contributed by atoms with Gasteiger partial charge in [0, 0.05) is 18.9 Å². The molecule has 0 radical (unpaired) electrons. The van der Waals surface area contributed by atoms with Gasteiger partial charge in [-0.2, -0.15) is 13.2 Å². The van der Waals surface area contributed by atoms with Gasteiger partial charge in [-0.15, -0.1) is 0 Å². The van der Waals surface area contributed by atoms with Crippen molar-refractivity contribution in [2.45, 2.75) is 31.3 Å². The largest absolute Gasteiger partial charge is 0.416 e. The number of hydrogen-bond acceptors (Lipinski definition) is 4. The molecule has 164 valence electrons. The van der Waals surface area contributed by atoms with Crippen LogP contribution in [0.5, 0.6) is 0 Å². The number of aliphatic hydroxyl groups is 1. The zero-order chi connectivity index (χ0) is 22.6. The molecule has 2 aromatic carbocycles. The predicted octanol–water partition coefficient (Wildman–Crippen LogP) is 4.45. The van der Waals surface area contributed by atoms with Gasteiger partial charge in [-0.3, -0.25) is 9.36 Å². The van der Waals surface area contributed by atoms with E-state index in [0.717, 1.165) is 28.9 Å². The number of aromatic nitrogens is 2. The van der Waals surface area contributed by atoms with Gasteiger partial charge >= 0.3 is 6.18 Å². The monoisotopic (exact) mass is 449 g/mol. The summed E-state index contributed by atoms with van der Waals surface area (Å²) in [5.74, 6) is -0.302. The van der Waals surface area contributed by atoms with Crippen LogP contribution in [0.15, 0.2) is 60.0 Å². The maximum absolute atomic E-state index is 12.8. The highest BCUT2D eigenvalue weighted by Crippen LogP contribution is 2.30. The van der Waals surface area contributed by atoms with Gasteiger partial charge in [0.1, 0.15) is 0 Å². The number of halogens is 3. The Bertz CT molecular complexity index is 1070. The van der Waals surface area contributed by atoms with Gasteiger partial charge in [0.05, 0.1) is 23.1 Å². The summed E-state index contributed by atoms with van der Waals surface area (Å²) in [5, 5.41) is 13.3. The molecule has 31 heavy (non-hydrogen) atoms. The van der Waals surface area contributed by atoms with Gasteiger partial charge in [-0.05, 0) is 48.7 Å². The maximum Gasteiger partial charge on any atom is 0.416 e. The van der Waals surface area contributed by atoms with Crippen molar-refractivity contribution in [3.05, 3.63) is 77.1 Å². The molecule has 1 atom stereocenters. The molecule has 0 aliphatic heterocycles. The molecule has 3 aromatic rings. The average molecular weight is 449 g/mol. The third-order valence-electron chi connectivity index (χ3n) is 4.65. The SMILES string of the molecule is Cc1ccc(C)c(-n2ccnc2SCC(=O)NCC(O)c2cccc(C(F)(F)F)c2)c1. The van der Waals surface area contributed by atoms with Crippen molar-refractivity contribution >= 4 is 17.7 Å². The van der Waals surface area contributed by atoms with Crippen LogP contribution in [0.1, 0.15) is 28.4 Å². The van der Waals surface area contributed by atoms with Crippen LogP contribution in [0.25, 0.3) is 5.69 Å². The van der Waals surface area contributed by atoms with Crippen LogP contribution in [0.3, 0.4) is 0 Å². The molecular formula is C22H22F3N3O2S. The number of nitrogens with zero attached hydrogens (tertiary/aromatic N) is 2. The number of alkyl halides is 3. The standard InChI is InChI=1S/C22H22F3N3O2S/c1-14-6-7-15(2)18(10-14)28-9-8-26-21(28)31-13-20(30)27-12-19(29)16-4-3-5-17(11-16)22(23,24)25/h3-11,19,29H,12-13H2,1-2H3,(H,27,30). The van der Waals surface area contributed by atoms with Crippen LogP contribution in [0.2, 0.25) is 0 Å². The smallest absolute Gasteiger partial charge is 0.387 e. The van der Waals surface area contributed by atoms with E-state index in [1.54, 1.807) is 6.20 Å². The first kappa shape index (κ1) is 22.9. The zero-order valence-corrected chi connectivity index (χ0v) is 17.8. The second-order valence-electron chi connectivity index (χ2n) is 7.10. The van der Waals surface area contributed by atoms with Crippen LogP contribution >= 0.6 is 11.8 Å². The number of hydrogen-bond donors (Lipinski definition) is 2. The van der Waals surface area contributed by atoms with E-state index in [4.69, 9.17) is 0 Å². The number of amides is 1. The Hall–Kier alpha value is -2.78. The highest BCUT2D eigenvalue weighted by atomic mass is 32.2. The van der Waals surface area contributed by atoms with E-state index in [9.17, 15) is 23.1 Å². The van der Waals surface area contributed by atoms with Crippen LogP contribution < -0.4 is 5.32 Å². The van der Waals surface area contributed by atoms with Gasteiger partial charge in [0.15, 0.2) is 5.16 Å². The molecule has 0 spiro atoms. The normalized spacial score (nSPS) is 12.6. The molecule has 0 bridgehead atoms. The Morgan fingerprint density at radius 1 is 1.23 bits per heavy atom. The molecule has 1 aromatic heterocycles. The Morgan fingerprint density at radius 3 is 2.74 bits per heavy atom. The van der Waals surface area contributed by atoms with Crippen molar-refractivity contribution in [3.63, 3.8) is 0 Å². The number of rotatable bonds is 7. The fraction of sp³-hybridized carbons (Fsp3) is 0.273. The van der Waals surface area contributed by atoms with Gasteiger partial charge in [0.25, 0.3) is 0 Å². The lowest BCUT2D eigenvalue weighted by atomic mass is 10.1. The molecular weight excluding hydrogens is 427 g/mol. The van der Waals surface area contributed by atoms with E-state index in [2.05, 4.69) is 10.3 Å². The molecule has 1 amide bonds. The first-order chi connectivity index (χ1) is 14.6. The van der Waals surface area contributed by atoms with E-state index in [1.807, 2.05) is 42.8 Å². The predicted molar refractivity (Wildman–Crippen MR) is 113 cm³/mol. The quantitative estimate of drug-likeness (QED) is 0.523. The molecule has 1 heterocycles. The number of benzene rings is 2. The second kappa shape index (κ2) is 9.57. The summed E-state index contributed by atoms with van der Waals surface area (Å²) in [4.78, 5) is 16.5. The second-order valence-corrected chi connectivity index (χ2v) is 8.04.